The average Bonchev–Trinajstić information content (AvgIpc) is 2.72. The Labute approximate surface area is 102 Å². The summed E-state index contributed by atoms with van der Waals surface area (Å²) in [4.78, 5) is 12.3. The fourth-order valence-electron chi connectivity index (χ4n) is 1.51. The molecule has 1 aromatic heterocycles. The van der Waals surface area contributed by atoms with Gasteiger partial charge in [0, 0.05) is 11.2 Å². The number of hydrogen-bond acceptors (Lipinski definition) is 3. The summed E-state index contributed by atoms with van der Waals surface area (Å²) in [6, 6.07) is 6.29. The van der Waals surface area contributed by atoms with Crippen LogP contribution in [-0.4, -0.2) is 19.0 Å². The lowest BCUT2D eigenvalue weighted by Crippen LogP contribution is -2.25. The summed E-state index contributed by atoms with van der Waals surface area (Å²) in [6.45, 7) is 1.12. The predicted molar refractivity (Wildman–Crippen MR) is 67.8 cm³/mol. The van der Waals surface area contributed by atoms with Gasteiger partial charge < -0.3 is 11.1 Å². The van der Waals surface area contributed by atoms with Gasteiger partial charge in [-0.3, -0.25) is 4.79 Å². The molecule has 0 saturated heterocycles. The molecule has 17 heavy (non-hydrogen) atoms. The molecule has 1 amide bonds. The van der Waals surface area contributed by atoms with Gasteiger partial charge in [-0.15, -0.1) is 11.3 Å². The normalized spacial score (nSPS) is 10.7. The van der Waals surface area contributed by atoms with Gasteiger partial charge in [0.2, 0.25) is 0 Å². The molecular weight excluding hydrogens is 239 g/mol. The first-order chi connectivity index (χ1) is 8.20. The number of nitrogens with one attached hydrogen (secondary N) is 1. The molecule has 1 heterocycles. The zero-order chi connectivity index (χ0) is 12.3. The molecule has 0 aliphatic heterocycles. The summed E-state index contributed by atoms with van der Waals surface area (Å²) in [5.74, 6) is -0.408. The summed E-state index contributed by atoms with van der Waals surface area (Å²) in [6.07, 6.45) is 0.755. The molecule has 0 saturated carbocycles. The lowest BCUT2D eigenvalue weighted by atomic mass is 10.2. The molecule has 0 radical (unpaired) electrons. The molecule has 0 unspecified atom stereocenters. The maximum Gasteiger partial charge on any atom is 0.261 e. The second kappa shape index (κ2) is 5.25. The Balaban J connectivity index is 2.15. The Morgan fingerprint density at radius 2 is 2.24 bits per heavy atom. The first-order valence-electron chi connectivity index (χ1n) is 5.38. The van der Waals surface area contributed by atoms with E-state index in [-0.39, 0.29) is 11.7 Å². The van der Waals surface area contributed by atoms with Crippen LogP contribution in [0.25, 0.3) is 10.1 Å². The summed E-state index contributed by atoms with van der Waals surface area (Å²) in [5.41, 5.74) is 5.34. The van der Waals surface area contributed by atoms with Crippen LogP contribution in [0.5, 0.6) is 0 Å². The van der Waals surface area contributed by atoms with Crippen molar-refractivity contribution in [1.82, 2.24) is 5.32 Å². The Kier molecular flexibility index (Phi) is 3.71. The van der Waals surface area contributed by atoms with Gasteiger partial charge >= 0.3 is 0 Å². The quantitative estimate of drug-likeness (QED) is 0.819. The number of carbonyl (C=O) groups excluding carboxylic acids is 1. The van der Waals surface area contributed by atoms with Gasteiger partial charge in [-0.05, 0) is 36.6 Å². The van der Waals surface area contributed by atoms with E-state index >= 15 is 0 Å². The SMILES string of the molecule is NCCCNC(=O)c1cc2ccc(F)cc2s1. The van der Waals surface area contributed by atoms with E-state index in [1.807, 2.05) is 0 Å². The number of fused-ring (bicyclic) bond motifs is 1. The van der Waals surface area contributed by atoms with Crippen LogP contribution in [-0.2, 0) is 0 Å². The van der Waals surface area contributed by atoms with E-state index in [1.165, 1.54) is 23.5 Å². The molecule has 0 fully saturated rings. The van der Waals surface area contributed by atoms with E-state index in [0.717, 1.165) is 16.5 Å². The third-order valence-electron chi connectivity index (χ3n) is 2.37. The standard InChI is InChI=1S/C12H13FN2OS/c13-9-3-2-8-6-11(17-10(8)7-9)12(16)15-5-1-4-14/h2-3,6-7H,1,4-5,14H2,(H,15,16). The highest BCUT2D eigenvalue weighted by Crippen LogP contribution is 2.26. The van der Waals surface area contributed by atoms with Crippen LogP contribution in [0.3, 0.4) is 0 Å². The second-order valence-electron chi connectivity index (χ2n) is 3.69. The number of carbonyl (C=O) groups is 1. The van der Waals surface area contributed by atoms with Crippen molar-refractivity contribution in [2.45, 2.75) is 6.42 Å². The highest BCUT2D eigenvalue weighted by Gasteiger charge is 2.09. The Hall–Kier alpha value is -1.46. The molecule has 0 bridgehead atoms. The fraction of sp³-hybridized carbons (Fsp3) is 0.250. The zero-order valence-corrected chi connectivity index (χ0v) is 10.0. The molecule has 3 N–H and O–H groups in total. The molecule has 3 nitrogen and oxygen atoms in total. The molecule has 2 aromatic rings. The highest BCUT2D eigenvalue weighted by molar-refractivity contribution is 7.20. The Bertz CT molecular complexity index is 538. The van der Waals surface area contributed by atoms with Gasteiger partial charge in [0.15, 0.2) is 0 Å². The summed E-state index contributed by atoms with van der Waals surface area (Å²) < 4.78 is 13.8. The van der Waals surface area contributed by atoms with E-state index in [0.29, 0.717) is 18.0 Å². The number of nitrogens with two attached hydrogens (primary N) is 1. The lowest BCUT2D eigenvalue weighted by molar-refractivity contribution is 0.0957. The molecule has 1 aromatic carbocycles. The molecule has 0 aliphatic carbocycles. The molecule has 0 aliphatic rings. The third-order valence-corrected chi connectivity index (χ3v) is 3.47. The molecule has 0 spiro atoms. The van der Waals surface area contributed by atoms with Crippen molar-refractivity contribution < 1.29 is 9.18 Å². The van der Waals surface area contributed by atoms with Gasteiger partial charge in [0.1, 0.15) is 5.82 Å². The van der Waals surface area contributed by atoms with E-state index in [2.05, 4.69) is 5.32 Å². The molecule has 90 valence electrons. The van der Waals surface area contributed by atoms with Crippen LogP contribution in [0.1, 0.15) is 16.1 Å². The number of halogens is 1. The van der Waals surface area contributed by atoms with Crippen LogP contribution < -0.4 is 11.1 Å². The van der Waals surface area contributed by atoms with Crippen molar-refractivity contribution >= 4 is 27.3 Å². The van der Waals surface area contributed by atoms with E-state index in [1.54, 1.807) is 12.1 Å². The van der Waals surface area contributed by atoms with Crippen molar-refractivity contribution in [3.05, 3.63) is 35.0 Å². The largest absolute Gasteiger partial charge is 0.351 e. The number of amides is 1. The van der Waals surface area contributed by atoms with Gasteiger partial charge in [-0.1, -0.05) is 6.07 Å². The van der Waals surface area contributed by atoms with E-state index in [9.17, 15) is 9.18 Å². The third kappa shape index (κ3) is 2.81. The fourth-order valence-corrected chi connectivity index (χ4v) is 2.51. The van der Waals surface area contributed by atoms with Crippen LogP contribution in [0.2, 0.25) is 0 Å². The topological polar surface area (TPSA) is 55.1 Å². The van der Waals surface area contributed by atoms with Gasteiger partial charge in [0.05, 0.1) is 4.88 Å². The van der Waals surface area contributed by atoms with E-state index < -0.39 is 0 Å². The maximum atomic E-state index is 13.0. The molecular formula is C12H13FN2OS. The number of benzene rings is 1. The summed E-state index contributed by atoms with van der Waals surface area (Å²) in [7, 11) is 0. The van der Waals surface area contributed by atoms with Gasteiger partial charge in [-0.25, -0.2) is 4.39 Å². The van der Waals surface area contributed by atoms with Gasteiger partial charge in [0.25, 0.3) is 5.91 Å². The van der Waals surface area contributed by atoms with Crippen molar-refractivity contribution in [3.63, 3.8) is 0 Å². The predicted octanol–water partition coefficient (Wildman–Crippen LogP) is 2.12. The number of rotatable bonds is 4. The summed E-state index contributed by atoms with van der Waals surface area (Å²) >= 11 is 1.29. The summed E-state index contributed by atoms with van der Waals surface area (Å²) in [5, 5.41) is 3.66. The minimum atomic E-state index is -0.283. The van der Waals surface area contributed by atoms with E-state index in [4.69, 9.17) is 5.73 Å². The van der Waals surface area contributed by atoms with Crippen LogP contribution in [0.4, 0.5) is 4.39 Å². The first kappa shape index (κ1) is 12.0. The van der Waals surface area contributed by atoms with Crippen LogP contribution in [0.15, 0.2) is 24.3 Å². The Morgan fingerprint density at radius 3 is 3.00 bits per heavy atom. The molecule has 2 rings (SSSR count). The Morgan fingerprint density at radius 1 is 1.41 bits per heavy atom. The maximum absolute atomic E-state index is 13.0. The van der Waals surface area contributed by atoms with Crippen molar-refractivity contribution in [2.24, 2.45) is 5.73 Å². The highest BCUT2D eigenvalue weighted by atomic mass is 32.1. The monoisotopic (exact) mass is 252 g/mol. The van der Waals surface area contributed by atoms with Crippen molar-refractivity contribution in [1.29, 1.82) is 0 Å². The molecule has 5 heteroatoms. The zero-order valence-electron chi connectivity index (χ0n) is 9.20. The molecule has 0 atom stereocenters. The number of hydrogen-bond donors (Lipinski definition) is 2. The van der Waals surface area contributed by atoms with Crippen LogP contribution >= 0.6 is 11.3 Å². The first-order valence-corrected chi connectivity index (χ1v) is 6.20. The van der Waals surface area contributed by atoms with Gasteiger partial charge in [-0.2, -0.15) is 0 Å². The van der Waals surface area contributed by atoms with Crippen molar-refractivity contribution in [3.8, 4) is 0 Å². The number of thiophene rings is 1. The lowest BCUT2D eigenvalue weighted by Gasteiger charge is -2.00. The minimum Gasteiger partial charge on any atom is -0.351 e. The average molecular weight is 252 g/mol. The van der Waals surface area contributed by atoms with Crippen molar-refractivity contribution in [2.75, 3.05) is 13.1 Å². The smallest absolute Gasteiger partial charge is 0.261 e. The van der Waals surface area contributed by atoms with Crippen LogP contribution in [0, 0.1) is 5.82 Å². The minimum absolute atomic E-state index is 0.125. The second-order valence-corrected chi connectivity index (χ2v) is 4.77.